The average molecular weight is 489 g/mol. The van der Waals surface area contributed by atoms with Gasteiger partial charge in [-0.2, -0.15) is 0 Å². The van der Waals surface area contributed by atoms with E-state index in [0.29, 0.717) is 25.2 Å². The molecular formula is C31H28N4O2. The van der Waals surface area contributed by atoms with Crippen molar-refractivity contribution in [2.75, 3.05) is 5.32 Å². The van der Waals surface area contributed by atoms with Gasteiger partial charge in [0.1, 0.15) is 5.82 Å². The number of likely N-dealkylation sites (tertiary alicyclic amines) is 1. The molecule has 1 spiro atoms. The fourth-order valence-electron chi connectivity index (χ4n) is 6.57. The topological polar surface area (TPSA) is 75.2 Å². The van der Waals surface area contributed by atoms with Crippen molar-refractivity contribution in [1.29, 1.82) is 0 Å². The number of hydrogen-bond donors (Lipinski definition) is 1. The number of aromatic nitrogens is 2. The van der Waals surface area contributed by atoms with Crippen LogP contribution in [-0.4, -0.2) is 26.7 Å². The van der Waals surface area contributed by atoms with Gasteiger partial charge in [0.05, 0.1) is 29.2 Å². The second-order valence-corrected chi connectivity index (χ2v) is 11.4. The normalized spacial score (nSPS) is 23.5. The summed E-state index contributed by atoms with van der Waals surface area (Å²) in [5.74, 6) is 0.868. The Morgan fingerprint density at radius 2 is 1.76 bits per heavy atom. The zero-order chi connectivity index (χ0) is 25.4. The Hall–Kier alpha value is -4.06. The monoisotopic (exact) mass is 488 g/mol. The highest BCUT2D eigenvalue weighted by Gasteiger charge is 2.51. The van der Waals surface area contributed by atoms with Crippen LogP contribution in [-0.2, 0) is 34.4 Å². The van der Waals surface area contributed by atoms with Crippen molar-refractivity contribution in [1.82, 2.24) is 14.9 Å². The zero-order valence-electron chi connectivity index (χ0n) is 21.0. The Labute approximate surface area is 215 Å². The van der Waals surface area contributed by atoms with E-state index in [4.69, 9.17) is 4.98 Å². The molecule has 1 saturated heterocycles. The lowest BCUT2D eigenvalue weighted by Gasteiger charge is -2.25. The molecule has 37 heavy (non-hydrogen) atoms. The van der Waals surface area contributed by atoms with Gasteiger partial charge in [-0.15, -0.1) is 0 Å². The second kappa shape index (κ2) is 7.72. The van der Waals surface area contributed by atoms with E-state index in [0.717, 1.165) is 39.7 Å². The number of fused-ring (bicyclic) bond motifs is 4. The predicted molar refractivity (Wildman–Crippen MR) is 142 cm³/mol. The smallest absolute Gasteiger partial charge is 0.237 e. The minimum atomic E-state index is -0.595. The van der Waals surface area contributed by atoms with E-state index in [9.17, 15) is 9.59 Å². The number of rotatable bonds is 3. The van der Waals surface area contributed by atoms with Crippen LogP contribution < -0.4 is 5.32 Å². The molecule has 6 heteroatoms. The van der Waals surface area contributed by atoms with Crippen LogP contribution >= 0.6 is 0 Å². The maximum atomic E-state index is 13.4. The van der Waals surface area contributed by atoms with Gasteiger partial charge in [-0.1, -0.05) is 56.3 Å². The third kappa shape index (κ3) is 3.31. The summed E-state index contributed by atoms with van der Waals surface area (Å²) in [4.78, 5) is 37.8. The van der Waals surface area contributed by atoms with E-state index in [1.807, 2.05) is 55.1 Å². The molecule has 2 aromatic heterocycles. The molecule has 3 aliphatic rings. The van der Waals surface area contributed by atoms with Crippen LogP contribution in [0.25, 0.3) is 10.9 Å². The van der Waals surface area contributed by atoms with Gasteiger partial charge < -0.3 is 10.2 Å². The maximum absolute atomic E-state index is 13.4. The Kier molecular flexibility index (Phi) is 4.62. The molecule has 1 N–H and O–H groups in total. The summed E-state index contributed by atoms with van der Waals surface area (Å²) < 4.78 is 0. The number of nitrogens with one attached hydrogen (secondary N) is 1. The summed E-state index contributed by atoms with van der Waals surface area (Å²) in [7, 11) is 0. The second-order valence-electron chi connectivity index (χ2n) is 11.4. The number of nitrogens with zero attached hydrogens (tertiary/aromatic N) is 3. The number of benzene rings is 2. The van der Waals surface area contributed by atoms with Gasteiger partial charge in [-0.3, -0.25) is 14.6 Å². The van der Waals surface area contributed by atoms with Gasteiger partial charge >= 0.3 is 0 Å². The Morgan fingerprint density at radius 3 is 2.57 bits per heavy atom. The molecule has 2 amide bonds. The van der Waals surface area contributed by atoms with Crippen LogP contribution in [0.4, 0.5) is 5.82 Å². The Bertz CT molecular complexity index is 1600. The van der Waals surface area contributed by atoms with Crippen molar-refractivity contribution in [3.8, 4) is 0 Å². The van der Waals surface area contributed by atoms with E-state index in [2.05, 4.69) is 40.6 Å². The van der Waals surface area contributed by atoms with E-state index in [1.165, 1.54) is 5.56 Å². The third-order valence-corrected chi connectivity index (χ3v) is 8.48. The summed E-state index contributed by atoms with van der Waals surface area (Å²) >= 11 is 0. The number of amides is 2. The molecule has 6 nitrogen and oxygen atoms in total. The highest BCUT2D eigenvalue weighted by Crippen LogP contribution is 2.47. The van der Waals surface area contributed by atoms with Crippen LogP contribution in [0, 0.1) is 5.41 Å². The Balaban J connectivity index is 1.22. The minimum Gasteiger partial charge on any atom is -0.329 e. The maximum Gasteiger partial charge on any atom is 0.237 e. The van der Waals surface area contributed by atoms with Crippen molar-refractivity contribution < 1.29 is 9.59 Å². The standard InChI is InChI=1S/C31H28N4O2/c1-30(2)17-26(19-7-4-3-5-8-19)35(29(30)37)18-23-11-10-20-13-21-15-31(16-22(21)14-25(20)33-23)24-9-6-12-32-27(24)34-28(31)36/h3-14,26H,15-18H2,1-2H3,(H,32,34,36). The highest BCUT2D eigenvalue weighted by atomic mass is 16.2. The van der Waals surface area contributed by atoms with Crippen LogP contribution in [0.3, 0.4) is 0 Å². The summed E-state index contributed by atoms with van der Waals surface area (Å²) in [6.45, 7) is 4.54. The van der Waals surface area contributed by atoms with E-state index >= 15 is 0 Å². The molecule has 0 saturated carbocycles. The van der Waals surface area contributed by atoms with Crippen molar-refractivity contribution >= 4 is 28.5 Å². The molecule has 4 heterocycles. The molecule has 0 radical (unpaired) electrons. The van der Waals surface area contributed by atoms with Gasteiger partial charge in [-0.05, 0) is 60.2 Å². The molecule has 184 valence electrons. The quantitative estimate of drug-likeness (QED) is 0.434. The molecule has 2 atom stereocenters. The number of carbonyl (C=O) groups is 2. The number of pyridine rings is 2. The molecule has 0 bridgehead atoms. The Morgan fingerprint density at radius 1 is 0.973 bits per heavy atom. The van der Waals surface area contributed by atoms with Gasteiger partial charge in [-0.25, -0.2) is 4.98 Å². The average Bonchev–Trinajstić information content (AvgIpc) is 3.48. The van der Waals surface area contributed by atoms with Crippen molar-refractivity contribution in [2.45, 2.75) is 51.1 Å². The molecule has 7 rings (SSSR count). The largest absolute Gasteiger partial charge is 0.329 e. The molecule has 2 aromatic carbocycles. The van der Waals surface area contributed by atoms with E-state index < -0.39 is 10.8 Å². The fourth-order valence-corrected chi connectivity index (χ4v) is 6.57. The SMILES string of the molecule is CC1(C)CC(c2ccccc2)N(Cc2ccc3cc4c(cc3n2)CC2(C4)C(=O)Nc3ncccc32)C1=O. The summed E-state index contributed by atoms with van der Waals surface area (Å²) in [6, 6.07) is 22.7. The minimum absolute atomic E-state index is 0.0252. The zero-order valence-corrected chi connectivity index (χ0v) is 21.0. The first-order valence-electron chi connectivity index (χ1n) is 12.9. The number of hydrogen-bond acceptors (Lipinski definition) is 4. The van der Waals surface area contributed by atoms with Crippen LogP contribution in [0.5, 0.6) is 0 Å². The first kappa shape index (κ1) is 22.2. The van der Waals surface area contributed by atoms with Crippen molar-refractivity contribution in [3.05, 3.63) is 101 Å². The lowest BCUT2D eigenvalue weighted by molar-refractivity contribution is -0.136. The first-order chi connectivity index (χ1) is 17.8. The van der Waals surface area contributed by atoms with Crippen molar-refractivity contribution in [2.24, 2.45) is 5.41 Å². The van der Waals surface area contributed by atoms with Crippen LogP contribution in [0.1, 0.15) is 54.3 Å². The van der Waals surface area contributed by atoms with Gasteiger partial charge in [0, 0.05) is 22.6 Å². The molecule has 2 aliphatic heterocycles. The van der Waals surface area contributed by atoms with E-state index in [-0.39, 0.29) is 17.9 Å². The lowest BCUT2D eigenvalue weighted by atomic mass is 9.79. The summed E-state index contributed by atoms with van der Waals surface area (Å²) in [5, 5.41) is 4.03. The van der Waals surface area contributed by atoms with Gasteiger partial charge in [0.15, 0.2) is 0 Å². The van der Waals surface area contributed by atoms with Crippen LogP contribution in [0.2, 0.25) is 0 Å². The number of carbonyl (C=O) groups excluding carboxylic acids is 2. The highest BCUT2D eigenvalue weighted by molar-refractivity contribution is 6.06. The molecular weight excluding hydrogens is 460 g/mol. The lowest BCUT2D eigenvalue weighted by Crippen LogP contribution is -2.35. The molecule has 1 aliphatic carbocycles. The molecule has 1 fully saturated rings. The summed E-state index contributed by atoms with van der Waals surface area (Å²) in [5.41, 5.74) is 5.27. The van der Waals surface area contributed by atoms with Gasteiger partial charge in [0.2, 0.25) is 11.8 Å². The summed E-state index contributed by atoms with van der Waals surface area (Å²) in [6.07, 6.45) is 3.82. The van der Waals surface area contributed by atoms with E-state index in [1.54, 1.807) is 6.20 Å². The predicted octanol–water partition coefficient (Wildman–Crippen LogP) is 5.12. The van der Waals surface area contributed by atoms with Crippen molar-refractivity contribution in [3.63, 3.8) is 0 Å². The van der Waals surface area contributed by atoms with Gasteiger partial charge in [0.25, 0.3) is 0 Å². The van der Waals surface area contributed by atoms with Crippen LogP contribution in [0.15, 0.2) is 72.9 Å². The first-order valence-corrected chi connectivity index (χ1v) is 12.9. The number of anilines is 1. The fraction of sp³-hybridized carbons (Fsp3) is 0.290. The molecule has 2 unspecified atom stereocenters. The molecule has 4 aromatic rings. The third-order valence-electron chi connectivity index (χ3n) is 8.48.